The van der Waals surface area contributed by atoms with Crippen LogP contribution < -0.4 is 9.47 Å². The van der Waals surface area contributed by atoms with E-state index in [1.54, 1.807) is 25.1 Å². The maximum Gasteiger partial charge on any atom is 0.417 e. The van der Waals surface area contributed by atoms with Crippen LogP contribution in [0.1, 0.15) is 43.4 Å². The van der Waals surface area contributed by atoms with Crippen molar-refractivity contribution in [1.82, 2.24) is 4.98 Å². The van der Waals surface area contributed by atoms with E-state index in [0.717, 1.165) is 23.6 Å². The van der Waals surface area contributed by atoms with Crippen molar-refractivity contribution in [3.05, 3.63) is 77.5 Å². The molecule has 0 aliphatic carbocycles. The van der Waals surface area contributed by atoms with Crippen molar-refractivity contribution < 1.29 is 32.5 Å². The third-order valence-electron chi connectivity index (χ3n) is 5.54. The number of nitrogens with zero attached hydrogens (tertiary/aromatic N) is 1. The van der Waals surface area contributed by atoms with Gasteiger partial charge in [-0.15, -0.1) is 0 Å². The number of carboxylic acids is 1. The number of ether oxygens (including phenoxy) is 2. The molecule has 1 unspecified atom stereocenters. The summed E-state index contributed by atoms with van der Waals surface area (Å²) >= 11 is 0. The van der Waals surface area contributed by atoms with E-state index in [1.165, 1.54) is 24.4 Å². The van der Waals surface area contributed by atoms with Crippen molar-refractivity contribution in [1.29, 1.82) is 0 Å². The van der Waals surface area contributed by atoms with Crippen molar-refractivity contribution in [3.63, 3.8) is 0 Å². The molecule has 0 radical (unpaired) electrons. The van der Waals surface area contributed by atoms with Gasteiger partial charge in [0.1, 0.15) is 11.5 Å². The molecule has 2 aromatic carbocycles. The lowest BCUT2D eigenvalue weighted by Gasteiger charge is -2.21. The highest BCUT2D eigenvalue weighted by atomic mass is 19.4. The molecule has 1 atom stereocenters. The molecule has 1 heterocycles. The molecule has 1 N–H and O–H groups in total. The number of pyridine rings is 1. The van der Waals surface area contributed by atoms with E-state index in [9.17, 15) is 18.0 Å². The summed E-state index contributed by atoms with van der Waals surface area (Å²) in [6.45, 7) is 4.07. The Labute approximate surface area is 202 Å². The Hall–Kier alpha value is -3.55. The summed E-state index contributed by atoms with van der Waals surface area (Å²) in [5, 5.41) is 8.91. The Morgan fingerprint density at radius 2 is 1.89 bits per heavy atom. The molecule has 0 saturated heterocycles. The van der Waals surface area contributed by atoms with Crippen LogP contribution >= 0.6 is 0 Å². The summed E-state index contributed by atoms with van der Waals surface area (Å²) in [4.78, 5) is 15.0. The van der Waals surface area contributed by atoms with Gasteiger partial charge < -0.3 is 14.6 Å². The second-order valence-corrected chi connectivity index (χ2v) is 8.13. The molecule has 3 rings (SSSR count). The number of carboxylic acid groups (broad SMARTS) is 1. The number of rotatable bonds is 11. The SMILES string of the molecule is CCc1cc(OCCC(C)Oc2cccc(C(F)(F)F)c2-c2ccccn2)ccc1CCC(=O)O. The molecular formula is C27H28F3NO4. The van der Waals surface area contributed by atoms with Gasteiger partial charge in [0.05, 0.1) is 29.5 Å². The number of carbonyl (C=O) groups is 1. The predicted octanol–water partition coefficient (Wildman–Crippen LogP) is 6.58. The van der Waals surface area contributed by atoms with Crippen molar-refractivity contribution in [2.45, 2.75) is 51.8 Å². The fourth-order valence-electron chi connectivity index (χ4n) is 3.77. The fourth-order valence-corrected chi connectivity index (χ4v) is 3.77. The minimum absolute atomic E-state index is 0.0675. The average Bonchev–Trinajstić information content (AvgIpc) is 2.82. The van der Waals surface area contributed by atoms with Gasteiger partial charge in [0.25, 0.3) is 0 Å². The zero-order valence-corrected chi connectivity index (χ0v) is 19.6. The van der Waals surface area contributed by atoms with Crippen LogP contribution in [0.2, 0.25) is 0 Å². The number of alkyl halides is 3. The van der Waals surface area contributed by atoms with Crippen molar-refractivity contribution in [3.8, 4) is 22.8 Å². The average molecular weight is 488 g/mol. The quantitative estimate of drug-likeness (QED) is 0.331. The zero-order valence-electron chi connectivity index (χ0n) is 19.6. The van der Waals surface area contributed by atoms with Crippen LogP contribution in [0.4, 0.5) is 13.2 Å². The summed E-state index contributed by atoms with van der Waals surface area (Å²) in [5.74, 6) is -0.0724. The van der Waals surface area contributed by atoms with Crippen LogP contribution in [0.5, 0.6) is 11.5 Å². The van der Waals surface area contributed by atoms with Crippen molar-refractivity contribution in [2.24, 2.45) is 0 Å². The third kappa shape index (κ3) is 7.21. The molecule has 0 bridgehead atoms. The molecular weight excluding hydrogens is 459 g/mol. The molecule has 0 saturated carbocycles. The number of aliphatic carboxylic acids is 1. The molecule has 3 aromatic rings. The second-order valence-electron chi connectivity index (χ2n) is 8.13. The highest BCUT2D eigenvalue weighted by molar-refractivity contribution is 5.71. The number of aryl methyl sites for hydroxylation is 2. The number of benzene rings is 2. The molecule has 1 aromatic heterocycles. The van der Waals surface area contributed by atoms with Gasteiger partial charge in [0.2, 0.25) is 0 Å². The van der Waals surface area contributed by atoms with Crippen molar-refractivity contribution in [2.75, 3.05) is 6.61 Å². The minimum atomic E-state index is -4.55. The molecule has 35 heavy (non-hydrogen) atoms. The van der Waals surface area contributed by atoms with E-state index in [2.05, 4.69) is 4.98 Å². The van der Waals surface area contributed by atoms with Gasteiger partial charge in [-0.3, -0.25) is 9.78 Å². The first kappa shape index (κ1) is 26.1. The second kappa shape index (κ2) is 11.7. The van der Waals surface area contributed by atoms with Gasteiger partial charge in [-0.1, -0.05) is 25.1 Å². The predicted molar refractivity (Wildman–Crippen MR) is 127 cm³/mol. The standard InChI is InChI=1S/C27H28F3NO4/c1-3-19-17-21(12-10-20(19)11-13-25(32)33)34-16-14-18(2)35-24-9-6-7-22(27(28,29)30)26(24)23-8-4-5-15-31-23/h4-10,12,15,17-18H,3,11,13-14,16H2,1-2H3,(H,32,33). The molecule has 186 valence electrons. The highest BCUT2D eigenvalue weighted by Gasteiger charge is 2.35. The third-order valence-corrected chi connectivity index (χ3v) is 5.54. The number of hydrogen-bond acceptors (Lipinski definition) is 4. The van der Waals surface area contributed by atoms with Crippen LogP contribution in [0.15, 0.2) is 60.8 Å². The van der Waals surface area contributed by atoms with Gasteiger partial charge >= 0.3 is 12.1 Å². The van der Waals surface area contributed by atoms with Gasteiger partial charge in [-0.25, -0.2) is 0 Å². The molecule has 0 aliphatic heterocycles. The fraction of sp³-hybridized carbons (Fsp3) is 0.333. The van der Waals surface area contributed by atoms with E-state index in [-0.39, 0.29) is 23.4 Å². The monoisotopic (exact) mass is 487 g/mol. The van der Waals surface area contributed by atoms with E-state index < -0.39 is 23.8 Å². The van der Waals surface area contributed by atoms with Crippen LogP contribution in [-0.2, 0) is 23.8 Å². The Kier molecular flexibility index (Phi) is 8.73. The van der Waals surface area contributed by atoms with Gasteiger partial charge in [0, 0.05) is 19.0 Å². The molecule has 8 heteroatoms. The first-order valence-electron chi connectivity index (χ1n) is 11.4. The normalized spacial score (nSPS) is 12.3. The van der Waals surface area contributed by atoms with Crippen molar-refractivity contribution >= 4 is 5.97 Å². The topological polar surface area (TPSA) is 68.7 Å². The summed E-state index contributed by atoms with van der Waals surface area (Å²) in [6.07, 6.45) is -1.80. The zero-order chi connectivity index (χ0) is 25.4. The van der Waals surface area contributed by atoms with Gasteiger partial charge in [-0.2, -0.15) is 13.2 Å². The van der Waals surface area contributed by atoms with Crippen LogP contribution in [0.3, 0.4) is 0 Å². The largest absolute Gasteiger partial charge is 0.493 e. The summed E-state index contributed by atoms with van der Waals surface area (Å²) in [6, 6.07) is 14.2. The Bertz CT molecular complexity index is 1130. The van der Waals surface area contributed by atoms with Crippen LogP contribution in [0, 0.1) is 0 Å². The number of aromatic nitrogens is 1. The lowest BCUT2D eigenvalue weighted by atomic mass is 10.0. The molecule has 5 nitrogen and oxygen atoms in total. The summed E-state index contributed by atoms with van der Waals surface area (Å²) < 4.78 is 52.8. The first-order chi connectivity index (χ1) is 16.7. The number of hydrogen-bond donors (Lipinski definition) is 1. The molecule has 0 aliphatic rings. The molecule has 0 spiro atoms. The maximum absolute atomic E-state index is 13.7. The summed E-state index contributed by atoms with van der Waals surface area (Å²) in [5.41, 5.74) is 1.31. The highest BCUT2D eigenvalue weighted by Crippen LogP contribution is 2.41. The maximum atomic E-state index is 13.7. The minimum Gasteiger partial charge on any atom is -0.493 e. The van der Waals surface area contributed by atoms with Gasteiger partial charge in [0.15, 0.2) is 0 Å². The summed E-state index contributed by atoms with van der Waals surface area (Å²) in [7, 11) is 0. The van der Waals surface area contributed by atoms with Crippen LogP contribution in [-0.4, -0.2) is 28.8 Å². The van der Waals surface area contributed by atoms with E-state index in [0.29, 0.717) is 25.2 Å². The van der Waals surface area contributed by atoms with E-state index >= 15 is 0 Å². The lowest BCUT2D eigenvalue weighted by Crippen LogP contribution is -2.17. The van der Waals surface area contributed by atoms with E-state index in [1.807, 2.05) is 19.1 Å². The molecule has 0 fully saturated rings. The molecule has 0 amide bonds. The van der Waals surface area contributed by atoms with Gasteiger partial charge in [-0.05, 0) is 67.3 Å². The lowest BCUT2D eigenvalue weighted by molar-refractivity contribution is -0.138. The Balaban J connectivity index is 1.67. The van der Waals surface area contributed by atoms with E-state index in [4.69, 9.17) is 14.6 Å². The van der Waals surface area contributed by atoms with Crippen LogP contribution in [0.25, 0.3) is 11.3 Å². The smallest absolute Gasteiger partial charge is 0.417 e. The Morgan fingerprint density at radius 1 is 1.09 bits per heavy atom. The number of halogens is 3. The Morgan fingerprint density at radius 3 is 2.54 bits per heavy atom. The first-order valence-corrected chi connectivity index (χ1v) is 11.4.